The Balaban J connectivity index is 0.00000200. The molecular formula is C14H22ClFN2O2. The van der Waals surface area contributed by atoms with Crippen molar-refractivity contribution in [3.05, 3.63) is 29.6 Å². The first-order valence-electron chi connectivity index (χ1n) is 6.65. The molecule has 0 aliphatic carbocycles. The number of hydrogen-bond acceptors (Lipinski definition) is 4. The molecule has 114 valence electrons. The molecule has 0 saturated carbocycles. The van der Waals surface area contributed by atoms with Crippen molar-refractivity contribution in [1.29, 1.82) is 0 Å². The molecule has 1 saturated heterocycles. The van der Waals surface area contributed by atoms with Crippen LogP contribution in [-0.2, 0) is 0 Å². The number of nitrogens with zero attached hydrogens (tertiary/aromatic N) is 1. The minimum Gasteiger partial charge on any atom is -0.494 e. The molecule has 20 heavy (non-hydrogen) atoms. The van der Waals surface area contributed by atoms with Gasteiger partial charge in [0.15, 0.2) is 11.6 Å². The Kier molecular flexibility index (Phi) is 7.23. The molecule has 1 atom stereocenters. The summed E-state index contributed by atoms with van der Waals surface area (Å²) in [6, 6.07) is 5.06. The number of methoxy groups -OCH3 is 1. The SMILES string of the molecule is COc1cc([C@H](CCO)N2CCNCC2)ccc1F.Cl. The van der Waals surface area contributed by atoms with Crippen LogP contribution in [0.1, 0.15) is 18.0 Å². The van der Waals surface area contributed by atoms with E-state index in [1.54, 1.807) is 12.1 Å². The number of benzene rings is 1. The summed E-state index contributed by atoms with van der Waals surface area (Å²) < 4.78 is 18.5. The molecule has 1 aliphatic rings. The molecule has 2 N–H and O–H groups in total. The number of aliphatic hydroxyl groups excluding tert-OH is 1. The van der Waals surface area contributed by atoms with E-state index in [0.29, 0.717) is 6.42 Å². The molecule has 1 heterocycles. The van der Waals surface area contributed by atoms with Crippen LogP contribution >= 0.6 is 12.4 Å². The van der Waals surface area contributed by atoms with Crippen LogP contribution in [0.2, 0.25) is 0 Å². The van der Waals surface area contributed by atoms with E-state index in [2.05, 4.69) is 10.2 Å². The second kappa shape index (κ2) is 8.42. The Hall–Kier alpha value is -0.880. The first kappa shape index (κ1) is 17.2. The molecule has 1 fully saturated rings. The van der Waals surface area contributed by atoms with Crippen molar-refractivity contribution in [2.75, 3.05) is 39.9 Å². The van der Waals surface area contributed by atoms with Crippen LogP contribution in [-0.4, -0.2) is 49.9 Å². The summed E-state index contributed by atoms with van der Waals surface area (Å²) >= 11 is 0. The molecule has 0 aromatic heterocycles. The fraction of sp³-hybridized carbons (Fsp3) is 0.571. The molecule has 0 unspecified atom stereocenters. The van der Waals surface area contributed by atoms with E-state index < -0.39 is 0 Å². The van der Waals surface area contributed by atoms with Crippen molar-refractivity contribution in [1.82, 2.24) is 10.2 Å². The van der Waals surface area contributed by atoms with Gasteiger partial charge in [-0.3, -0.25) is 4.90 Å². The third kappa shape index (κ3) is 4.06. The number of piperazine rings is 1. The van der Waals surface area contributed by atoms with Crippen molar-refractivity contribution in [3.8, 4) is 5.75 Å². The predicted molar refractivity (Wildman–Crippen MR) is 79.1 cm³/mol. The highest BCUT2D eigenvalue weighted by Crippen LogP contribution is 2.28. The maximum Gasteiger partial charge on any atom is 0.165 e. The summed E-state index contributed by atoms with van der Waals surface area (Å²) in [5.74, 6) is -0.0927. The molecule has 0 spiro atoms. The highest BCUT2D eigenvalue weighted by molar-refractivity contribution is 5.85. The largest absolute Gasteiger partial charge is 0.494 e. The molecule has 0 amide bonds. The third-order valence-electron chi connectivity index (χ3n) is 3.55. The zero-order valence-corrected chi connectivity index (χ0v) is 12.5. The zero-order valence-electron chi connectivity index (χ0n) is 11.6. The van der Waals surface area contributed by atoms with E-state index in [1.165, 1.54) is 13.2 Å². The lowest BCUT2D eigenvalue weighted by atomic mass is 10.0. The summed E-state index contributed by atoms with van der Waals surface area (Å²) in [6.07, 6.45) is 0.648. The molecule has 1 aliphatic heterocycles. The number of rotatable bonds is 5. The summed E-state index contributed by atoms with van der Waals surface area (Å²) in [7, 11) is 1.47. The predicted octanol–water partition coefficient (Wildman–Crippen LogP) is 1.58. The summed E-state index contributed by atoms with van der Waals surface area (Å²) in [4.78, 5) is 2.32. The van der Waals surface area contributed by atoms with E-state index >= 15 is 0 Å². The van der Waals surface area contributed by atoms with Gasteiger partial charge in [-0.05, 0) is 24.1 Å². The Morgan fingerprint density at radius 3 is 2.70 bits per heavy atom. The summed E-state index contributed by atoms with van der Waals surface area (Å²) in [5.41, 5.74) is 0.995. The smallest absolute Gasteiger partial charge is 0.165 e. The van der Waals surface area contributed by atoms with Crippen LogP contribution in [0, 0.1) is 5.82 Å². The van der Waals surface area contributed by atoms with Gasteiger partial charge < -0.3 is 15.2 Å². The number of hydrogen-bond donors (Lipinski definition) is 2. The standard InChI is InChI=1S/C14H21FN2O2.ClH/c1-19-14-10-11(2-3-12(14)15)13(4-9-18)17-7-5-16-6-8-17;/h2-3,10,13,16,18H,4-9H2,1H3;1H/t13-;/m0./s1. The molecule has 0 radical (unpaired) electrons. The quantitative estimate of drug-likeness (QED) is 0.867. The van der Waals surface area contributed by atoms with E-state index in [1.807, 2.05) is 0 Å². The second-order valence-electron chi connectivity index (χ2n) is 4.71. The minimum absolute atomic E-state index is 0. The van der Waals surface area contributed by atoms with Crippen LogP contribution in [0.5, 0.6) is 5.75 Å². The summed E-state index contributed by atoms with van der Waals surface area (Å²) in [5, 5.41) is 12.6. The highest BCUT2D eigenvalue weighted by atomic mass is 35.5. The minimum atomic E-state index is -0.352. The van der Waals surface area contributed by atoms with Gasteiger partial charge in [-0.15, -0.1) is 12.4 Å². The number of nitrogens with one attached hydrogen (secondary N) is 1. The Morgan fingerprint density at radius 1 is 1.40 bits per heavy atom. The van der Waals surface area contributed by atoms with Gasteiger partial charge in [0.2, 0.25) is 0 Å². The third-order valence-corrected chi connectivity index (χ3v) is 3.55. The van der Waals surface area contributed by atoms with Crippen LogP contribution < -0.4 is 10.1 Å². The highest BCUT2D eigenvalue weighted by Gasteiger charge is 2.22. The van der Waals surface area contributed by atoms with Crippen LogP contribution in [0.3, 0.4) is 0 Å². The van der Waals surface area contributed by atoms with E-state index in [-0.39, 0.29) is 36.6 Å². The van der Waals surface area contributed by atoms with Gasteiger partial charge in [-0.25, -0.2) is 4.39 Å². The van der Waals surface area contributed by atoms with Crippen LogP contribution in [0.4, 0.5) is 4.39 Å². The number of aliphatic hydroxyl groups is 1. The lowest BCUT2D eigenvalue weighted by Gasteiger charge is -2.35. The average Bonchev–Trinajstić information content (AvgIpc) is 2.46. The maximum atomic E-state index is 13.5. The fourth-order valence-electron chi connectivity index (χ4n) is 2.56. The molecule has 0 bridgehead atoms. The van der Waals surface area contributed by atoms with Gasteiger partial charge in [-0.2, -0.15) is 0 Å². The van der Waals surface area contributed by atoms with Crippen molar-refractivity contribution >= 4 is 12.4 Å². The van der Waals surface area contributed by atoms with Crippen molar-refractivity contribution in [2.24, 2.45) is 0 Å². The van der Waals surface area contributed by atoms with Crippen molar-refractivity contribution < 1.29 is 14.2 Å². The van der Waals surface area contributed by atoms with Crippen LogP contribution in [0.15, 0.2) is 18.2 Å². The normalized spacial score (nSPS) is 17.4. The fourth-order valence-corrected chi connectivity index (χ4v) is 2.56. The lowest BCUT2D eigenvalue weighted by molar-refractivity contribution is 0.141. The monoisotopic (exact) mass is 304 g/mol. The molecule has 2 rings (SSSR count). The number of ether oxygens (including phenoxy) is 1. The van der Waals surface area contributed by atoms with Gasteiger partial charge in [0.25, 0.3) is 0 Å². The zero-order chi connectivity index (χ0) is 13.7. The van der Waals surface area contributed by atoms with Gasteiger partial charge in [0.05, 0.1) is 7.11 Å². The first-order chi connectivity index (χ1) is 9.26. The Labute approximate surface area is 125 Å². The van der Waals surface area contributed by atoms with Gasteiger partial charge in [-0.1, -0.05) is 6.07 Å². The molecule has 1 aromatic rings. The van der Waals surface area contributed by atoms with E-state index in [0.717, 1.165) is 31.7 Å². The summed E-state index contributed by atoms with van der Waals surface area (Å²) in [6.45, 7) is 3.88. The van der Waals surface area contributed by atoms with Gasteiger partial charge in [0.1, 0.15) is 0 Å². The topological polar surface area (TPSA) is 44.7 Å². The molecular weight excluding hydrogens is 283 g/mol. The molecule has 6 heteroatoms. The van der Waals surface area contributed by atoms with Crippen molar-refractivity contribution in [3.63, 3.8) is 0 Å². The van der Waals surface area contributed by atoms with Gasteiger partial charge >= 0.3 is 0 Å². The molecule has 4 nitrogen and oxygen atoms in total. The Morgan fingerprint density at radius 2 is 2.10 bits per heavy atom. The number of halogens is 2. The van der Waals surface area contributed by atoms with Crippen molar-refractivity contribution in [2.45, 2.75) is 12.5 Å². The van der Waals surface area contributed by atoms with Crippen LogP contribution in [0.25, 0.3) is 0 Å². The Bertz CT molecular complexity index is 414. The van der Waals surface area contributed by atoms with E-state index in [9.17, 15) is 9.50 Å². The first-order valence-corrected chi connectivity index (χ1v) is 6.65. The second-order valence-corrected chi connectivity index (χ2v) is 4.71. The molecule has 1 aromatic carbocycles. The maximum absolute atomic E-state index is 13.5. The van der Waals surface area contributed by atoms with E-state index in [4.69, 9.17) is 4.74 Å². The van der Waals surface area contributed by atoms with Gasteiger partial charge in [0, 0.05) is 38.8 Å². The average molecular weight is 305 g/mol. The lowest BCUT2D eigenvalue weighted by Crippen LogP contribution is -2.45.